The molecule has 2 atom stereocenters. The summed E-state index contributed by atoms with van der Waals surface area (Å²) in [5.74, 6) is 0. The van der Waals surface area contributed by atoms with Gasteiger partial charge < -0.3 is 14.8 Å². The van der Waals surface area contributed by atoms with Crippen LogP contribution in [-0.4, -0.2) is 38.0 Å². The number of hydrogen-bond acceptors (Lipinski definition) is 3. The topological polar surface area (TPSA) is 30.5 Å². The van der Waals surface area contributed by atoms with E-state index in [9.17, 15) is 8.78 Å². The van der Waals surface area contributed by atoms with Crippen molar-refractivity contribution in [2.75, 3.05) is 19.8 Å². The van der Waals surface area contributed by atoms with E-state index < -0.39 is 18.8 Å². The minimum absolute atomic E-state index is 0.0466. The summed E-state index contributed by atoms with van der Waals surface area (Å²) in [6.07, 6.45) is -3.49. The van der Waals surface area contributed by atoms with Crippen molar-refractivity contribution in [1.82, 2.24) is 5.32 Å². The monoisotopic (exact) mass is 165 g/mol. The molecule has 0 saturated carbocycles. The fourth-order valence-corrected chi connectivity index (χ4v) is 1.35. The molecule has 0 amide bonds. The SMILES string of the molecule is FC1(F)CN[C@@H]2COC[C@@H]2O1. The fraction of sp³-hybridized carbons (Fsp3) is 1.00. The van der Waals surface area contributed by atoms with E-state index in [1.807, 2.05) is 0 Å². The van der Waals surface area contributed by atoms with Crippen molar-refractivity contribution in [3.05, 3.63) is 0 Å². The standard InChI is InChI=1S/C6H9F2NO2/c7-6(8)3-9-4-1-10-2-5(4)11-6/h4-5,9H,1-3H2/t4-,5+/m1/s1. The lowest BCUT2D eigenvalue weighted by molar-refractivity contribution is -0.277. The van der Waals surface area contributed by atoms with Gasteiger partial charge >= 0.3 is 6.11 Å². The Hall–Kier alpha value is -0.260. The quantitative estimate of drug-likeness (QED) is 0.546. The van der Waals surface area contributed by atoms with Gasteiger partial charge in [0.1, 0.15) is 6.10 Å². The molecule has 0 aromatic rings. The minimum Gasteiger partial charge on any atom is -0.377 e. The summed E-state index contributed by atoms with van der Waals surface area (Å²) >= 11 is 0. The lowest BCUT2D eigenvalue weighted by Crippen LogP contribution is -2.54. The molecule has 2 aliphatic heterocycles. The second kappa shape index (κ2) is 2.36. The molecule has 3 nitrogen and oxygen atoms in total. The van der Waals surface area contributed by atoms with Crippen molar-refractivity contribution in [1.29, 1.82) is 0 Å². The predicted molar refractivity (Wildman–Crippen MR) is 32.4 cm³/mol. The van der Waals surface area contributed by atoms with Gasteiger partial charge in [0.25, 0.3) is 0 Å². The second-order valence-electron chi connectivity index (χ2n) is 2.82. The molecule has 2 fully saturated rings. The van der Waals surface area contributed by atoms with Crippen molar-refractivity contribution < 1.29 is 18.3 Å². The maximum absolute atomic E-state index is 12.5. The lowest BCUT2D eigenvalue weighted by atomic mass is 10.2. The first-order valence-corrected chi connectivity index (χ1v) is 3.54. The first-order valence-electron chi connectivity index (χ1n) is 3.54. The van der Waals surface area contributed by atoms with Crippen molar-refractivity contribution in [3.8, 4) is 0 Å². The molecule has 5 heteroatoms. The first kappa shape index (κ1) is 7.39. The summed E-state index contributed by atoms with van der Waals surface area (Å²) in [6.45, 7) is 0.339. The van der Waals surface area contributed by atoms with E-state index in [1.54, 1.807) is 0 Å². The predicted octanol–water partition coefficient (Wildman–Crippen LogP) is -0.0336. The van der Waals surface area contributed by atoms with Crippen LogP contribution >= 0.6 is 0 Å². The van der Waals surface area contributed by atoms with Gasteiger partial charge in [-0.15, -0.1) is 0 Å². The summed E-state index contributed by atoms with van der Waals surface area (Å²) < 4.78 is 34.4. The molecule has 0 aromatic carbocycles. The molecule has 2 rings (SSSR count). The highest BCUT2D eigenvalue weighted by Gasteiger charge is 2.44. The summed E-state index contributed by atoms with van der Waals surface area (Å²) in [5.41, 5.74) is 0. The van der Waals surface area contributed by atoms with E-state index in [2.05, 4.69) is 10.1 Å². The van der Waals surface area contributed by atoms with E-state index in [-0.39, 0.29) is 12.6 Å². The van der Waals surface area contributed by atoms with E-state index in [1.165, 1.54) is 0 Å². The van der Waals surface area contributed by atoms with Gasteiger partial charge in [-0.05, 0) is 0 Å². The van der Waals surface area contributed by atoms with Crippen molar-refractivity contribution in [2.24, 2.45) is 0 Å². The average molecular weight is 165 g/mol. The molecule has 0 aromatic heterocycles. The van der Waals surface area contributed by atoms with Crippen molar-refractivity contribution >= 4 is 0 Å². The van der Waals surface area contributed by atoms with Crippen LogP contribution in [0.5, 0.6) is 0 Å². The number of rotatable bonds is 0. The second-order valence-corrected chi connectivity index (χ2v) is 2.82. The Morgan fingerprint density at radius 2 is 2.18 bits per heavy atom. The fourth-order valence-electron chi connectivity index (χ4n) is 1.35. The Labute approximate surface area is 62.7 Å². The zero-order valence-corrected chi connectivity index (χ0v) is 5.85. The lowest BCUT2D eigenvalue weighted by Gasteiger charge is -2.31. The highest BCUT2D eigenvalue weighted by atomic mass is 19.3. The number of halogens is 2. The van der Waals surface area contributed by atoms with Crippen LogP contribution in [0.4, 0.5) is 8.78 Å². The van der Waals surface area contributed by atoms with E-state index in [4.69, 9.17) is 4.74 Å². The summed E-state index contributed by atoms with van der Waals surface area (Å²) in [4.78, 5) is 0. The molecule has 11 heavy (non-hydrogen) atoms. The summed E-state index contributed by atoms with van der Waals surface area (Å²) in [6, 6.07) is -0.0466. The highest BCUT2D eigenvalue weighted by Crippen LogP contribution is 2.25. The van der Waals surface area contributed by atoms with Gasteiger partial charge in [-0.25, -0.2) is 0 Å². The third kappa shape index (κ3) is 1.36. The molecule has 1 N–H and O–H groups in total. The molecule has 0 bridgehead atoms. The van der Waals surface area contributed by atoms with Crippen LogP contribution < -0.4 is 5.32 Å². The molecule has 0 spiro atoms. The third-order valence-electron chi connectivity index (χ3n) is 1.92. The number of ether oxygens (including phenoxy) is 2. The Bertz CT molecular complexity index is 165. The Balaban J connectivity index is 2.02. The van der Waals surface area contributed by atoms with Crippen molar-refractivity contribution in [3.63, 3.8) is 0 Å². The van der Waals surface area contributed by atoms with Crippen LogP contribution in [0, 0.1) is 0 Å². The van der Waals surface area contributed by atoms with Crippen LogP contribution in [0.2, 0.25) is 0 Å². The van der Waals surface area contributed by atoms with Crippen LogP contribution in [-0.2, 0) is 9.47 Å². The van der Waals surface area contributed by atoms with Crippen molar-refractivity contribution in [2.45, 2.75) is 18.3 Å². The Kier molecular flexibility index (Phi) is 1.59. The number of nitrogens with one attached hydrogen (secondary N) is 1. The summed E-state index contributed by atoms with van der Waals surface area (Å²) in [7, 11) is 0. The molecule has 64 valence electrons. The van der Waals surface area contributed by atoms with Gasteiger partial charge in [-0.3, -0.25) is 0 Å². The van der Waals surface area contributed by atoms with Crippen LogP contribution in [0.1, 0.15) is 0 Å². The maximum Gasteiger partial charge on any atom is 0.368 e. The Morgan fingerprint density at radius 1 is 1.36 bits per heavy atom. The molecule has 0 unspecified atom stereocenters. The van der Waals surface area contributed by atoms with Gasteiger partial charge in [0.15, 0.2) is 0 Å². The van der Waals surface area contributed by atoms with E-state index in [0.717, 1.165) is 0 Å². The van der Waals surface area contributed by atoms with Crippen LogP contribution in [0.3, 0.4) is 0 Å². The van der Waals surface area contributed by atoms with E-state index >= 15 is 0 Å². The largest absolute Gasteiger partial charge is 0.377 e. The third-order valence-corrected chi connectivity index (χ3v) is 1.92. The van der Waals surface area contributed by atoms with Gasteiger partial charge in [-0.2, -0.15) is 8.78 Å². The molecule has 2 aliphatic rings. The maximum atomic E-state index is 12.5. The molecule has 0 aliphatic carbocycles. The molecule has 2 heterocycles. The first-order chi connectivity index (χ1) is 5.17. The normalized spacial score (nSPS) is 42.0. The Morgan fingerprint density at radius 3 is 3.00 bits per heavy atom. The smallest absolute Gasteiger partial charge is 0.368 e. The number of hydrogen-bond donors (Lipinski definition) is 1. The van der Waals surface area contributed by atoms with Gasteiger partial charge in [0.05, 0.1) is 25.8 Å². The number of morpholine rings is 1. The number of fused-ring (bicyclic) bond motifs is 1. The molecular formula is C6H9F2NO2. The molecule has 0 radical (unpaired) electrons. The minimum atomic E-state index is -3.02. The summed E-state index contributed by atoms with van der Waals surface area (Å²) in [5, 5.41) is 2.67. The van der Waals surface area contributed by atoms with Crippen LogP contribution in [0.25, 0.3) is 0 Å². The molecule has 2 saturated heterocycles. The zero-order valence-electron chi connectivity index (χ0n) is 5.85. The van der Waals surface area contributed by atoms with Crippen LogP contribution in [0.15, 0.2) is 0 Å². The molecular weight excluding hydrogens is 156 g/mol. The van der Waals surface area contributed by atoms with Gasteiger partial charge in [-0.1, -0.05) is 0 Å². The zero-order chi connectivity index (χ0) is 7.90. The van der Waals surface area contributed by atoms with Gasteiger partial charge in [0.2, 0.25) is 0 Å². The average Bonchev–Trinajstić information content (AvgIpc) is 2.31. The van der Waals surface area contributed by atoms with Gasteiger partial charge in [0, 0.05) is 0 Å². The highest BCUT2D eigenvalue weighted by molar-refractivity contribution is 4.87. The van der Waals surface area contributed by atoms with E-state index in [0.29, 0.717) is 6.61 Å². The number of alkyl halides is 2.